The van der Waals surface area contributed by atoms with Crippen LogP contribution in [0.15, 0.2) is 18.2 Å². The first kappa shape index (κ1) is 13.0. The molecule has 1 unspecified atom stereocenters. The number of nitrogens with two attached hydrogens (primary N) is 1. The first-order valence-electron chi connectivity index (χ1n) is 5.84. The minimum absolute atomic E-state index is 0.0989. The van der Waals surface area contributed by atoms with Crippen molar-refractivity contribution >= 4 is 0 Å². The zero-order chi connectivity index (χ0) is 12.0. The highest BCUT2D eigenvalue weighted by Crippen LogP contribution is 2.19. The van der Waals surface area contributed by atoms with Crippen LogP contribution in [-0.4, -0.2) is 12.6 Å². The Kier molecular flexibility index (Phi) is 5.26. The maximum atomic E-state index is 13.6. The summed E-state index contributed by atoms with van der Waals surface area (Å²) < 4.78 is 18.8. The average Bonchev–Trinajstić information content (AvgIpc) is 2.28. The molecule has 1 rings (SSSR count). The Morgan fingerprint density at radius 1 is 1.38 bits per heavy atom. The van der Waals surface area contributed by atoms with Crippen LogP contribution in [0.4, 0.5) is 4.39 Å². The molecular formula is C13H20FNO. The predicted molar refractivity (Wildman–Crippen MR) is 64.2 cm³/mol. The predicted octanol–water partition coefficient (Wildman–Crippen LogP) is 2.89. The summed E-state index contributed by atoms with van der Waals surface area (Å²) in [5.41, 5.74) is 6.75. The molecule has 2 nitrogen and oxygen atoms in total. The van der Waals surface area contributed by atoms with E-state index in [0.29, 0.717) is 18.8 Å². The van der Waals surface area contributed by atoms with Gasteiger partial charge < -0.3 is 10.5 Å². The molecule has 0 aliphatic rings. The normalized spacial score (nSPS) is 12.5. The molecule has 1 atom stereocenters. The average molecular weight is 225 g/mol. The fourth-order valence-electron chi connectivity index (χ4n) is 1.45. The SMILES string of the molecule is CCCOc1ccc(CC(N)CC)cc1F. The van der Waals surface area contributed by atoms with E-state index in [0.717, 1.165) is 18.4 Å². The third kappa shape index (κ3) is 3.81. The molecule has 90 valence electrons. The van der Waals surface area contributed by atoms with Crippen LogP contribution in [0.3, 0.4) is 0 Å². The summed E-state index contributed by atoms with van der Waals surface area (Å²) >= 11 is 0. The third-order valence-corrected chi connectivity index (χ3v) is 2.48. The van der Waals surface area contributed by atoms with Gasteiger partial charge in [-0.1, -0.05) is 19.9 Å². The minimum Gasteiger partial charge on any atom is -0.491 e. The van der Waals surface area contributed by atoms with Gasteiger partial charge in [0, 0.05) is 6.04 Å². The number of ether oxygens (including phenoxy) is 1. The molecule has 0 amide bonds. The first-order chi connectivity index (χ1) is 7.67. The number of halogens is 1. The van der Waals surface area contributed by atoms with Gasteiger partial charge in [0.2, 0.25) is 0 Å². The molecule has 0 aliphatic heterocycles. The minimum atomic E-state index is -0.297. The fourth-order valence-corrected chi connectivity index (χ4v) is 1.45. The molecule has 0 saturated heterocycles. The van der Waals surface area contributed by atoms with Crippen molar-refractivity contribution in [2.75, 3.05) is 6.61 Å². The van der Waals surface area contributed by atoms with Crippen molar-refractivity contribution in [3.05, 3.63) is 29.6 Å². The molecule has 0 aliphatic carbocycles. The standard InChI is InChI=1S/C13H20FNO/c1-3-7-16-13-6-5-10(9-12(13)14)8-11(15)4-2/h5-6,9,11H,3-4,7-8,15H2,1-2H3. The van der Waals surface area contributed by atoms with Crippen molar-refractivity contribution in [2.45, 2.75) is 39.2 Å². The third-order valence-electron chi connectivity index (χ3n) is 2.48. The Hall–Kier alpha value is -1.09. The lowest BCUT2D eigenvalue weighted by atomic mass is 10.0. The second kappa shape index (κ2) is 6.48. The Balaban J connectivity index is 2.66. The smallest absolute Gasteiger partial charge is 0.165 e. The van der Waals surface area contributed by atoms with E-state index in [9.17, 15) is 4.39 Å². The van der Waals surface area contributed by atoms with Crippen LogP contribution in [0, 0.1) is 5.82 Å². The number of hydrogen-bond acceptors (Lipinski definition) is 2. The molecule has 16 heavy (non-hydrogen) atoms. The van der Waals surface area contributed by atoms with Gasteiger partial charge in [0.15, 0.2) is 11.6 Å². The summed E-state index contributed by atoms with van der Waals surface area (Å²) in [6, 6.07) is 5.18. The van der Waals surface area contributed by atoms with Crippen LogP contribution < -0.4 is 10.5 Å². The quantitative estimate of drug-likeness (QED) is 0.808. The molecule has 0 fully saturated rings. The maximum absolute atomic E-state index is 13.6. The van der Waals surface area contributed by atoms with Gasteiger partial charge in [-0.2, -0.15) is 0 Å². The van der Waals surface area contributed by atoms with Crippen LogP contribution in [0.25, 0.3) is 0 Å². The molecule has 0 radical (unpaired) electrons. The van der Waals surface area contributed by atoms with Gasteiger partial charge in [-0.05, 0) is 37.0 Å². The van der Waals surface area contributed by atoms with Gasteiger partial charge in [0.25, 0.3) is 0 Å². The molecule has 3 heteroatoms. The number of hydrogen-bond donors (Lipinski definition) is 1. The van der Waals surface area contributed by atoms with E-state index in [1.54, 1.807) is 6.07 Å². The molecule has 0 spiro atoms. The van der Waals surface area contributed by atoms with Crippen molar-refractivity contribution < 1.29 is 9.13 Å². The zero-order valence-electron chi connectivity index (χ0n) is 10.0. The lowest BCUT2D eigenvalue weighted by Gasteiger charge is -2.10. The van der Waals surface area contributed by atoms with Crippen LogP contribution in [0.5, 0.6) is 5.75 Å². The van der Waals surface area contributed by atoms with Gasteiger partial charge in [-0.3, -0.25) is 0 Å². The van der Waals surface area contributed by atoms with Gasteiger partial charge in [0.1, 0.15) is 0 Å². The van der Waals surface area contributed by atoms with Gasteiger partial charge in [-0.15, -0.1) is 0 Å². The Labute approximate surface area is 96.6 Å². The van der Waals surface area contributed by atoms with Crippen LogP contribution >= 0.6 is 0 Å². The molecule has 2 N–H and O–H groups in total. The van der Waals surface area contributed by atoms with E-state index in [-0.39, 0.29) is 11.9 Å². The second-order valence-electron chi connectivity index (χ2n) is 3.99. The van der Waals surface area contributed by atoms with Crippen molar-refractivity contribution in [3.8, 4) is 5.75 Å². The van der Waals surface area contributed by atoms with Crippen molar-refractivity contribution in [1.82, 2.24) is 0 Å². The van der Waals surface area contributed by atoms with Crippen LogP contribution in [-0.2, 0) is 6.42 Å². The fraction of sp³-hybridized carbons (Fsp3) is 0.538. The highest BCUT2D eigenvalue weighted by atomic mass is 19.1. The molecule has 0 bridgehead atoms. The summed E-state index contributed by atoms with van der Waals surface area (Å²) in [4.78, 5) is 0. The van der Waals surface area contributed by atoms with E-state index in [1.165, 1.54) is 6.07 Å². The van der Waals surface area contributed by atoms with E-state index < -0.39 is 0 Å². The van der Waals surface area contributed by atoms with Crippen LogP contribution in [0.1, 0.15) is 32.3 Å². The molecule has 1 aromatic rings. The summed E-state index contributed by atoms with van der Waals surface area (Å²) in [6.07, 6.45) is 2.49. The van der Waals surface area contributed by atoms with E-state index in [4.69, 9.17) is 10.5 Å². The summed E-state index contributed by atoms with van der Waals surface area (Å²) in [5, 5.41) is 0. The first-order valence-corrected chi connectivity index (χ1v) is 5.84. The van der Waals surface area contributed by atoms with E-state index >= 15 is 0 Å². The van der Waals surface area contributed by atoms with Crippen LogP contribution in [0.2, 0.25) is 0 Å². The molecule has 0 heterocycles. The Morgan fingerprint density at radius 3 is 2.69 bits per heavy atom. The lowest BCUT2D eigenvalue weighted by Crippen LogP contribution is -2.21. The van der Waals surface area contributed by atoms with Gasteiger partial charge in [0.05, 0.1) is 6.61 Å². The molecule has 0 saturated carbocycles. The summed E-state index contributed by atoms with van der Waals surface area (Å²) in [7, 11) is 0. The van der Waals surface area contributed by atoms with E-state index in [2.05, 4.69) is 0 Å². The number of rotatable bonds is 6. The zero-order valence-corrected chi connectivity index (χ0v) is 10.0. The summed E-state index contributed by atoms with van der Waals surface area (Å²) in [6.45, 7) is 4.57. The summed E-state index contributed by atoms with van der Waals surface area (Å²) in [5.74, 6) is 0.0323. The molecular weight excluding hydrogens is 205 g/mol. The highest BCUT2D eigenvalue weighted by molar-refractivity contribution is 5.29. The topological polar surface area (TPSA) is 35.2 Å². The van der Waals surface area contributed by atoms with Gasteiger partial charge >= 0.3 is 0 Å². The highest BCUT2D eigenvalue weighted by Gasteiger charge is 2.07. The lowest BCUT2D eigenvalue weighted by molar-refractivity contribution is 0.301. The molecule has 1 aromatic carbocycles. The Morgan fingerprint density at radius 2 is 2.12 bits per heavy atom. The monoisotopic (exact) mass is 225 g/mol. The van der Waals surface area contributed by atoms with Crippen molar-refractivity contribution in [2.24, 2.45) is 5.73 Å². The van der Waals surface area contributed by atoms with Crippen molar-refractivity contribution in [3.63, 3.8) is 0 Å². The van der Waals surface area contributed by atoms with E-state index in [1.807, 2.05) is 19.9 Å². The Bertz CT molecular complexity index is 328. The van der Waals surface area contributed by atoms with Crippen molar-refractivity contribution in [1.29, 1.82) is 0 Å². The maximum Gasteiger partial charge on any atom is 0.165 e. The largest absolute Gasteiger partial charge is 0.491 e. The molecule has 0 aromatic heterocycles. The van der Waals surface area contributed by atoms with Gasteiger partial charge in [-0.25, -0.2) is 4.39 Å². The number of benzene rings is 1. The second-order valence-corrected chi connectivity index (χ2v) is 3.99.